The summed E-state index contributed by atoms with van der Waals surface area (Å²) >= 11 is 0. The summed E-state index contributed by atoms with van der Waals surface area (Å²) in [6.45, 7) is 1.75. The predicted molar refractivity (Wildman–Crippen MR) is 118 cm³/mol. The zero-order valence-electron chi connectivity index (χ0n) is 17.3. The molecule has 0 radical (unpaired) electrons. The van der Waals surface area contributed by atoms with Gasteiger partial charge in [0.05, 0.1) is 17.9 Å². The third-order valence-corrected chi connectivity index (χ3v) is 5.34. The summed E-state index contributed by atoms with van der Waals surface area (Å²) in [5.41, 5.74) is 1.58. The Labute approximate surface area is 184 Å². The number of nitrogens with one attached hydrogen (secondary N) is 2. The van der Waals surface area contributed by atoms with Crippen LogP contribution < -0.4 is 10.0 Å². The molecule has 168 valence electrons. The van der Waals surface area contributed by atoms with Crippen molar-refractivity contribution in [3.63, 3.8) is 0 Å². The van der Waals surface area contributed by atoms with Crippen molar-refractivity contribution >= 4 is 21.6 Å². The molecule has 0 saturated heterocycles. The molecule has 1 unspecified atom stereocenters. The molecule has 0 spiro atoms. The van der Waals surface area contributed by atoms with Crippen LogP contribution in [0.15, 0.2) is 72.8 Å². The zero-order valence-corrected chi connectivity index (χ0v) is 18.1. The molecule has 3 rings (SSSR count). The predicted octanol–water partition coefficient (Wildman–Crippen LogP) is 5.23. The highest BCUT2D eigenvalue weighted by Gasteiger charge is 2.30. The summed E-state index contributed by atoms with van der Waals surface area (Å²) in [5.74, 6) is -0.408. The van der Waals surface area contributed by atoms with Gasteiger partial charge >= 0.3 is 6.18 Å². The molecule has 5 nitrogen and oxygen atoms in total. The Morgan fingerprint density at radius 3 is 2.22 bits per heavy atom. The lowest BCUT2D eigenvalue weighted by Crippen LogP contribution is -2.27. The van der Waals surface area contributed by atoms with E-state index in [1.807, 2.05) is 0 Å². The number of benzene rings is 3. The molecule has 3 aromatic rings. The van der Waals surface area contributed by atoms with Gasteiger partial charge in [-0.3, -0.25) is 9.52 Å². The third-order valence-electron chi connectivity index (χ3n) is 4.73. The van der Waals surface area contributed by atoms with E-state index in [2.05, 4.69) is 10.0 Å². The van der Waals surface area contributed by atoms with Gasteiger partial charge in [0.1, 0.15) is 0 Å². The number of carbonyl (C=O) groups excluding carboxylic acids is 1. The second kappa shape index (κ2) is 9.04. The maximum Gasteiger partial charge on any atom is 0.416 e. The molecule has 0 heterocycles. The molecule has 0 saturated carbocycles. The van der Waals surface area contributed by atoms with Crippen molar-refractivity contribution in [3.05, 3.63) is 89.5 Å². The van der Waals surface area contributed by atoms with E-state index in [9.17, 15) is 26.4 Å². The number of rotatable bonds is 6. The van der Waals surface area contributed by atoms with E-state index in [4.69, 9.17) is 0 Å². The maximum absolute atomic E-state index is 13.0. The fraction of sp³-hybridized carbons (Fsp3) is 0.174. The van der Waals surface area contributed by atoms with Crippen molar-refractivity contribution in [2.75, 3.05) is 11.0 Å². The Bertz CT molecular complexity index is 1220. The third kappa shape index (κ3) is 5.88. The lowest BCUT2D eigenvalue weighted by Gasteiger charge is -2.17. The molecule has 2 N–H and O–H groups in total. The van der Waals surface area contributed by atoms with Crippen molar-refractivity contribution < 1.29 is 26.4 Å². The summed E-state index contributed by atoms with van der Waals surface area (Å²) in [6, 6.07) is 17.4. The van der Waals surface area contributed by atoms with Gasteiger partial charge in [-0.1, -0.05) is 42.5 Å². The smallest absolute Gasteiger partial charge is 0.345 e. The SMILES string of the molecule is CC(NC(=O)c1ccccc1-c1ccc(C(F)(F)F)cc1)c1cccc(NS(C)(=O)=O)c1. The van der Waals surface area contributed by atoms with E-state index < -0.39 is 33.7 Å². The first-order valence-corrected chi connectivity index (χ1v) is 11.5. The van der Waals surface area contributed by atoms with Crippen LogP contribution in [-0.2, 0) is 16.2 Å². The number of alkyl halides is 3. The van der Waals surface area contributed by atoms with Crippen LogP contribution in [0.5, 0.6) is 0 Å². The van der Waals surface area contributed by atoms with Gasteiger partial charge in [-0.2, -0.15) is 13.2 Å². The molecular weight excluding hydrogens is 441 g/mol. The molecule has 9 heteroatoms. The Balaban J connectivity index is 1.83. The lowest BCUT2D eigenvalue weighted by molar-refractivity contribution is -0.137. The highest BCUT2D eigenvalue weighted by molar-refractivity contribution is 7.92. The first-order valence-electron chi connectivity index (χ1n) is 9.59. The molecule has 0 aliphatic heterocycles. The summed E-state index contributed by atoms with van der Waals surface area (Å²) in [6.07, 6.45) is -3.39. The Morgan fingerprint density at radius 1 is 0.938 bits per heavy atom. The van der Waals surface area contributed by atoms with Crippen molar-refractivity contribution in [1.29, 1.82) is 0 Å². The topological polar surface area (TPSA) is 75.3 Å². The molecule has 32 heavy (non-hydrogen) atoms. The number of carbonyl (C=O) groups is 1. The highest BCUT2D eigenvalue weighted by atomic mass is 32.2. The Hall–Kier alpha value is -3.33. The standard InChI is InChI=1S/C23H21F3N2O3S/c1-15(17-6-5-7-19(14-17)28-32(2,30)31)27-22(29)21-9-4-3-8-20(21)16-10-12-18(13-11-16)23(24,25)26/h3-15,28H,1-2H3,(H,27,29). The highest BCUT2D eigenvalue weighted by Crippen LogP contribution is 2.32. The van der Waals surface area contributed by atoms with Crippen LogP contribution in [0.25, 0.3) is 11.1 Å². The van der Waals surface area contributed by atoms with Crippen LogP contribution in [-0.4, -0.2) is 20.6 Å². The van der Waals surface area contributed by atoms with Crippen molar-refractivity contribution in [3.8, 4) is 11.1 Å². The van der Waals surface area contributed by atoms with Crippen LogP contribution in [0.3, 0.4) is 0 Å². The number of amides is 1. The first kappa shape index (κ1) is 23.3. The quantitative estimate of drug-likeness (QED) is 0.526. The normalized spacial score (nSPS) is 12.8. The largest absolute Gasteiger partial charge is 0.416 e. The van der Waals surface area contributed by atoms with Gasteiger partial charge in [-0.25, -0.2) is 8.42 Å². The minimum Gasteiger partial charge on any atom is -0.345 e. The second-order valence-electron chi connectivity index (χ2n) is 7.32. The molecule has 1 atom stereocenters. The summed E-state index contributed by atoms with van der Waals surface area (Å²) in [5, 5.41) is 2.85. The Kier molecular flexibility index (Phi) is 6.59. The average molecular weight is 462 g/mol. The van der Waals surface area contributed by atoms with E-state index >= 15 is 0 Å². The van der Waals surface area contributed by atoms with Crippen LogP contribution in [0.2, 0.25) is 0 Å². The number of halogens is 3. The summed E-state index contributed by atoms with van der Waals surface area (Å²) < 4.78 is 63.8. The minimum atomic E-state index is -4.44. The molecule has 1 amide bonds. The van der Waals surface area contributed by atoms with Crippen LogP contribution in [0.4, 0.5) is 18.9 Å². The van der Waals surface area contributed by atoms with Gasteiger partial charge in [0.2, 0.25) is 10.0 Å². The fourth-order valence-electron chi connectivity index (χ4n) is 3.21. The zero-order chi connectivity index (χ0) is 23.5. The van der Waals surface area contributed by atoms with Crippen molar-refractivity contribution in [2.45, 2.75) is 19.1 Å². The van der Waals surface area contributed by atoms with E-state index in [1.165, 1.54) is 12.1 Å². The molecule has 0 aliphatic rings. The van der Waals surface area contributed by atoms with Gasteiger partial charge < -0.3 is 5.32 Å². The van der Waals surface area contributed by atoms with Gasteiger partial charge in [0, 0.05) is 11.3 Å². The molecular formula is C23H21F3N2O3S. The number of hydrogen-bond acceptors (Lipinski definition) is 3. The molecule has 3 aromatic carbocycles. The van der Waals surface area contributed by atoms with Crippen LogP contribution in [0, 0.1) is 0 Å². The summed E-state index contributed by atoms with van der Waals surface area (Å²) in [4.78, 5) is 13.0. The Morgan fingerprint density at radius 2 is 1.59 bits per heavy atom. The second-order valence-corrected chi connectivity index (χ2v) is 9.06. The number of sulfonamides is 1. The monoisotopic (exact) mass is 462 g/mol. The summed E-state index contributed by atoms with van der Waals surface area (Å²) in [7, 11) is -3.44. The average Bonchev–Trinajstić information content (AvgIpc) is 2.72. The molecule has 0 bridgehead atoms. The van der Waals surface area contributed by atoms with Crippen molar-refractivity contribution in [2.24, 2.45) is 0 Å². The number of hydrogen-bond donors (Lipinski definition) is 2. The first-order chi connectivity index (χ1) is 14.9. The van der Waals surface area contributed by atoms with Gasteiger partial charge in [0.25, 0.3) is 5.91 Å². The van der Waals surface area contributed by atoms with Gasteiger partial charge in [0.15, 0.2) is 0 Å². The minimum absolute atomic E-state index is 0.310. The van der Waals surface area contributed by atoms with Crippen molar-refractivity contribution in [1.82, 2.24) is 5.32 Å². The lowest BCUT2D eigenvalue weighted by atomic mass is 9.97. The van der Waals surface area contributed by atoms with E-state index in [0.717, 1.165) is 18.4 Å². The van der Waals surface area contributed by atoms with E-state index in [1.54, 1.807) is 55.5 Å². The van der Waals surface area contributed by atoms with Gasteiger partial charge in [-0.05, 0) is 53.9 Å². The van der Waals surface area contributed by atoms with Crippen LogP contribution >= 0.6 is 0 Å². The van der Waals surface area contributed by atoms with Gasteiger partial charge in [-0.15, -0.1) is 0 Å². The molecule has 0 fully saturated rings. The number of anilines is 1. The maximum atomic E-state index is 13.0. The molecule has 0 aromatic heterocycles. The van der Waals surface area contributed by atoms with E-state index in [0.29, 0.717) is 27.9 Å². The fourth-order valence-corrected chi connectivity index (χ4v) is 3.77. The van der Waals surface area contributed by atoms with Crippen LogP contribution in [0.1, 0.15) is 34.5 Å². The van der Waals surface area contributed by atoms with E-state index in [-0.39, 0.29) is 0 Å². The molecule has 0 aliphatic carbocycles.